The zero-order chi connectivity index (χ0) is 20.4. The zero-order valence-corrected chi connectivity index (χ0v) is 14.9. The van der Waals surface area contributed by atoms with Gasteiger partial charge in [-0.25, -0.2) is 4.68 Å². The van der Waals surface area contributed by atoms with Crippen molar-refractivity contribution >= 4 is 10.9 Å². The van der Waals surface area contributed by atoms with E-state index in [1.807, 2.05) is 0 Å². The first-order valence-corrected chi connectivity index (χ1v) is 8.60. The highest BCUT2D eigenvalue weighted by molar-refractivity contribution is 5.83. The summed E-state index contributed by atoms with van der Waals surface area (Å²) in [5, 5.41) is 12.5. The van der Waals surface area contributed by atoms with Gasteiger partial charge in [-0.3, -0.25) is 9.48 Å². The van der Waals surface area contributed by atoms with E-state index in [0.717, 1.165) is 0 Å². The maximum Gasteiger partial charge on any atom is 0.573 e. The maximum absolute atomic E-state index is 12.8. The first-order valence-electron chi connectivity index (χ1n) is 8.60. The Morgan fingerprint density at radius 3 is 2.45 bits per heavy atom. The average Bonchev–Trinajstić information content (AvgIpc) is 3.20. The number of fused-ring (bicyclic) bond motifs is 1. The summed E-state index contributed by atoms with van der Waals surface area (Å²) >= 11 is 0. The van der Waals surface area contributed by atoms with Crippen LogP contribution >= 0.6 is 0 Å². The minimum Gasteiger partial charge on any atom is -0.406 e. The van der Waals surface area contributed by atoms with Gasteiger partial charge in [-0.2, -0.15) is 5.10 Å². The van der Waals surface area contributed by atoms with Crippen LogP contribution in [0, 0.1) is 0 Å². The Bertz CT molecular complexity index is 1190. The van der Waals surface area contributed by atoms with Crippen molar-refractivity contribution in [3.63, 3.8) is 0 Å². The van der Waals surface area contributed by atoms with Gasteiger partial charge in [0.15, 0.2) is 0 Å². The standard InChI is InChI=1S/C19H14F3N5O2/c20-19(21,22)29-15-5-2-13(3-6-15)14-4-7-17-16(12-14)18(28)27(25-24-17)11-10-26-9-1-8-23-26/h1-9,12H,10-11H2. The molecule has 0 saturated heterocycles. The second-order valence-electron chi connectivity index (χ2n) is 6.19. The quantitative estimate of drug-likeness (QED) is 0.513. The molecular formula is C19H14F3N5O2. The summed E-state index contributed by atoms with van der Waals surface area (Å²) < 4.78 is 43.7. The van der Waals surface area contributed by atoms with E-state index < -0.39 is 6.36 Å². The second-order valence-corrected chi connectivity index (χ2v) is 6.19. The molecule has 0 amide bonds. The highest BCUT2D eigenvalue weighted by Gasteiger charge is 2.30. The topological polar surface area (TPSA) is 74.8 Å². The minimum absolute atomic E-state index is 0.303. The number of benzene rings is 2. The summed E-state index contributed by atoms with van der Waals surface area (Å²) in [6, 6.07) is 12.2. The number of nitrogens with zero attached hydrogens (tertiary/aromatic N) is 5. The Morgan fingerprint density at radius 2 is 1.76 bits per heavy atom. The second kappa shape index (κ2) is 7.38. The number of alkyl halides is 3. The van der Waals surface area contributed by atoms with Crippen LogP contribution in [0.1, 0.15) is 0 Å². The number of ether oxygens (including phenoxy) is 1. The zero-order valence-electron chi connectivity index (χ0n) is 14.9. The van der Waals surface area contributed by atoms with Gasteiger partial charge in [-0.05, 0) is 41.5 Å². The van der Waals surface area contributed by atoms with E-state index in [-0.39, 0.29) is 11.3 Å². The fraction of sp³-hybridized carbons (Fsp3) is 0.158. The molecule has 7 nitrogen and oxygen atoms in total. The molecule has 10 heteroatoms. The summed E-state index contributed by atoms with van der Waals surface area (Å²) in [4.78, 5) is 12.8. The molecule has 0 unspecified atom stereocenters. The van der Waals surface area contributed by atoms with Crippen LogP contribution < -0.4 is 10.3 Å². The summed E-state index contributed by atoms with van der Waals surface area (Å²) in [6.07, 6.45) is -1.32. The SMILES string of the molecule is O=c1c2cc(-c3ccc(OC(F)(F)F)cc3)ccc2nnn1CCn1cccn1. The number of halogens is 3. The van der Waals surface area contributed by atoms with Crippen molar-refractivity contribution in [3.8, 4) is 16.9 Å². The highest BCUT2D eigenvalue weighted by atomic mass is 19.4. The van der Waals surface area contributed by atoms with E-state index >= 15 is 0 Å². The van der Waals surface area contributed by atoms with Crippen LogP contribution in [0.2, 0.25) is 0 Å². The Labute approximate surface area is 162 Å². The third-order valence-corrected chi connectivity index (χ3v) is 4.24. The lowest BCUT2D eigenvalue weighted by Gasteiger charge is -2.10. The molecule has 4 aromatic rings. The number of aromatic nitrogens is 5. The number of rotatable bonds is 5. The van der Waals surface area contributed by atoms with Crippen molar-refractivity contribution in [2.75, 3.05) is 0 Å². The van der Waals surface area contributed by atoms with E-state index in [1.165, 1.54) is 28.9 Å². The molecule has 0 aliphatic rings. The van der Waals surface area contributed by atoms with Crippen molar-refractivity contribution in [1.29, 1.82) is 0 Å². The van der Waals surface area contributed by atoms with Gasteiger partial charge in [-0.1, -0.05) is 23.4 Å². The van der Waals surface area contributed by atoms with Crippen molar-refractivity contribution < 1.29 is 17.9 Å². The van der Waals surface area contributed by atoms with Gasteiger partial charge in [0.05, 0.1) is 18.5 Å². The van der Waals surface area contributed by atoms with Crippen LogP contribution in [0.15, 0.2) is 65.7 Å². The van der Waals surface area contributed by atoms with Crippen molar-refractivity contribution in [2.24, 2.45) is 0 Å². The Balaban J connectivity index is 1.62. The maximum atomic E-state index is 12.8. The van der Waals surface area contributed by atoms with Crippen LogP contribution in [-0.4, -0.2) is 31.1 Å². The molecule has 0 radical (unpaired) electrons. The highest BCUT2D eigenvalue weighted by Crippen LogP contribution is 2.27. The fourth-order valence-corrected chi connectivity index (χ4v) is 2.88. The Hall–Kier alpha value is -3.69. The van der Waals surface area contributed by atoms with E-state index in [2.05, 4.69) is 20.1 Å². The molecule has 0 atom stereocenters. The summed E-state index contributed by atoms with van der Waals surface area (Å²) in [5.41, 5.74) is 1.44. The van der Waals surface area contributed by atoms with Crippen LogP contribution in [-0.2, 0) is 13.1 Å². The molecule has 2 aromatic carbocycles. The van der Waals surface area contributed by atoms with E-state index in [4.69, 9.17) is 0 Å². The lowest BCUT2D eigenvalue weighted by molar-refractivity contribution is -0.274. The first kappa shape index (κ1) is 18.7. The third kappa shape index (κ3) is 4.26. The lowest BCUT2D eigenvalue weighted by Crippen LogP contribution is -2.26. The van der Waals surface area contributed by atoms with Gasteiger partial charge < -0.3 is 4.74 Å². The molecule has 4 rings (SSSR count). The lowest BCUT2D eigenvalue weighted by atomic mass is 10.0. The molecule has 148 valence electrons. The van der Waals surface area contributed by atoms with Gasteiger partial charge in [0.1, 0.15) is 11.3 Å². The van der Waals surface area contributed by atoms with Crippen LogP contribution in [0.3, 0.4) is 0 Å². The molecule has 2 aromatic heterocycles. The molecule has 29 heavy (non-hydrogen) atoms. The average molecular weight is 401 g/mol. The smallest absolute Gasteiger partial charge is 0.406 e. The van der Waals surface area contributed by atoms with Gasteiger partial charge in [0.25, 0.3) is 5.56 Å². The summed E-state index contributed by atoms with van der Waals surface area (Å²) in [6.45, 7) is 0.768. The number of hydrogen-bond donors (Lipinski definition) is 0. The monoisotopic (exact) mass is 401 g/mol. The predicted octanol–water partition coefficient (Wildman–Crippen LogP) is 3.25. The molecular weight excluding hydrogens is 387 g/mol. The van der Waals surface area contributed by atoms with E-state index in [0.29, 0.717) is 35.1 Å². The van der Waals surface area contributed by atoms with E-state index in [9.17, 15) is 18.0 Å². The van der Waals surface area contributed by atoms with Gasteiger partial charge >= 0.3 is 6.36 Å². The Morgan fingerprint density at radius 1 is 1.00 bits per heavy atom. The molecule has 0 aliphatic carbocycles. The largest absolute Gasteiger partial charge is 0.573 e. The molecule has 0 saturated carbocycles. The summed E-state index contributed by atoms with van der Waals surface area (Å²) in [7, 11) is 0. The van der Waals surface area contributed by atoms with Crippen molar-refractivity contribution in [3.05, 3.63) is 71.3 Å². The normalized spacial score (nSPS) is 11.7. The van der Waals surface area contributed by atoms with Crippen LogP contribution in [0.5, 0.6) is 5.75 Å². The molecule has 0 fully saturated rings. The van der Waals surface area contributed by atoms with Crippen LogP contribution in [0.25, 0.3) is 22.0 Å². The fourth-order valence-electron chi connectivity index (χ4n) is 2.88. The van der Waals surface area contributed by atoms with Gasteiger partial charge in [-0.15, -0.1) is 18.3 Å². The first-order chi connectivity index (χ1) is 13.9. The Kier molecular flexibility index (Phi) is 4.75. The molecule has 0 aliphatic heterocycles. The summed E-state index contributed by atoms with van der Waals surface area (Å²) in [5.74, 6) is -0.311. The van der Waals surface area contributed by atoms with Gasteiger partial charge in [0, 0.05) is 12.4 Å². The van der Waals surface area contributed by atoms with Gasteiger partial charge in [0.2, 0.25) is 0 Å². The third-order valence-electron chi connectivity index (χ3n) is 4.24. The van der Waals surface area contributed by atoms with Crippen LogP contribution in [0.4, 0.5) is 13.2 Å². The molecule has 0 bridgehead atoms. The predicted molar refractivity (Wildman–Crippen MR) is 98.1 cm³/mol. The molecule has 0 N–H and O–H groups in total. The van der Waals surface area contributed by atoms with Crippen molar-refractivity contribution in [2.45, 2.75) is 19.5 Å². The minimum atomic E-state index is -4.75. The molecule has 2 heterocycles. The number of hydrogen-bond acceptors (Lipinski definition) is 5. The van der Waals surface area contributed by atoms with E-state index in [1.54, 1.807) is 41.3 Å². The number of aryl methyl sites for hydroxylation is 2. The molecule has 0 spiro atoms. The van der Waals surface area contributed by atoms with Crippen molar-refractivity contribution in [1.82, 2.24) is 24.8 Å².